The third-order valence-corrected chi connectivity index (χ3v) is 3.87. The Labute approximate surface area is 119 Å². The summed E-state index contributed by atoms with van der Waals surface area (Å²) in [5, 5.41) is 7.17. The number of hydrogen-bond donors (Lipinski definition) is 1. The van der Waals surface area contributed by atoms with Crippen LogP contribution in [0.25, 0.3) is 0 Å². The second-order valence-electron chi connectivity index (χ2n) is 4.22. The van der Waals surface area contributed by atoms with Crippen LogP contribution in [0.1, 0.15) is 22.8 Å². The van der Waals surface area contributed by atoms with E-state index >= 15 is 0 Å². The van der Waals surface area contributed by atoms with Crippen LogP contribution in [-0.2, 0) is 6.42 Å². The molecule has 0 bridgehead atoms. The number of benzene rings is 1. The van der Waals surface area contributed by atoms with E-state index in [-0.39, 0.29) is 11.9 Å². The van der Waals surface area contributed by atoms with Gasteiger partial charge in [0.15, 0.2) is 0 Å². The summed E-state index contributed by atoms with van der Waals surface area (Å²) in [6.45, 7) is 2.02. The van der Waals surface area contributed by atoms with Crippen molar-refractivity contribution < 1.29 is 4.79 Å². The number of rotatable bonds is 4. The van der Waals surface area contributed by atoms with Gasteiger partial charge in [-0.2, -0.15) is 11.3 Å². The van der Waals surface area contributed by atoms with Crippen LogP contribution in [0.3, 0.4) is 0 Å². The molecule has 0 aliphatic rings. The van der Waals surface area contributed by atoms with Crippen molar-refractivity contribution in [3.8, 4) is 0 Å². The van der Waals surface area contributed by atoms with Gasteiger partial charge in [0.25, 0.3) is 5.91 Å². The molecule has 2 rings (SSSR count). The molecule has 0 fully saturated rings. The molecule has 1 unspecified atom stereocenters. The molecule has 4 heteroatoms. The molecule has 1 amide bonds. The fourth-order valence-electron chi connectivity index (χ4n) is 1.72. The molecule has 2 aromatic rings. The van der Waals surface area contributed by atoms with Crippen LogP contribution in [0, 0.1) is 0 Å². The van der Waals surface area contributed by atoms with Gasteiger partial charge in [0.05, 0.1) is 0 Å². The average Bonchev–Trinajstić information content (AvgIpc) is 2.82. The molecule has 0 saturated heterocycles. The van der Waals surface area contributed by atoms with Gasteiger partial charge in [-0.15, -0.1) is 0 Å². The van der Waals surface area contributed by atoms with Crippen molar-refractivity contribution in [1.29, 1.82) is 0 Å². The maximum absolute atomic E-state index is 12.0. The number of halogens is 1. The molecule has 94 valence electrons. The SMILES string of the molecule is CC(Cc1ccsc1)NC(=O)c1ccc(Br)cc1. The van der Waals surface area contributed by atoms with Crippen LogP contribution < -0.4 is 5.32 Å². The first-order valence-electron chi connectivity index (χ1n) is 5.72. The summed E-state index contributed by atoms with van der Waals surface area (Å²) in [7, 11) is 0. The molecular weight excluding hydrogens is 310 g/mol. The fourth-order valence-corrected chi connectivity index (χ4v) is 2.67. The Morgan fingerprint density at radius 1 is 1.33 bits per heavy atom. The summed E-state index contributed by atoms with van der Waals surface area (Å²) in [5.41, 5.74) is 1.96. The van der Waals surface area contributed by atoms with E-state index in [9.17, 15) is 4.79 Å². The molecule has 1 heterocycles. The second-order valence-corrected chi connectivity index (χ2v) is 5.91. The van der Waals surface area contributed by atoms with Gasteiger partial charge < -0.3 is 5.32 Å². The summed E-state index contributed by atoms with van der Waals surface area (Å²) in [5.74, 6) is -0.0229. The van der Waals surface area contributed by atoms with E-state index in [1.165, 1.54) is 5.56 Å². The van der Waals surface area contributed by atoms with Crippen LogP contribution in [0.4, 0.5) is 0 Å². The lowest BCUT2D eigenvalue weighted by molar-refractivity contribution is 0.0940. The largest absolute Gasteiger partial charge is 0.349 e. The Balaban J connectivity index is 1.92. The minimum atomic E-state index is -0.0229. The van der Waals surface area contributed by atoms with Crippen molar-refractivity contribution in [2.45, 2.75) is 19.4 Å². The lowest BCUT2D eigenvalue weighted by Gasteiger charge is -2.13. The van der Waals surface area contributed by atoms with Gasteiger partial charge >= 0.3 is 0 Å². The first kappa shape index (κ1) is 13.3. The van der Waals surface area contributed by atoms with E-state index in [1.807, 2.05) is 31.2 Å². The first-order valence-corrected chi connectivity index (χ1v) is 7.46. The normalized spacial score (nSPS) is 12.1. The van der Waals surface area contributed by atoms with Crippen LogP contribution in [0.5, 0.6) is 0 Å². The molecule has 18 heavy (non-hydrogen) atoms. The quantitative estimate of drug-likeness (QED) is 0.909. The molecule has 0 radical (unpaired) electrons. The number of carbonyl (C=O) groups excluding carboxylic acids is 1. The highest BCUT2D eigenvalue weighted by atomic mass is 79.9. The summed E-state index contributed by atoms with van der Waals surface area (Å²) in [6, 6.07) is 9.60. The van der Waals surface area contributed by atoms with E-state index in [1.54, 1.807) is 11.3 Å². The molecule has 0 spiro atoms. The molecule has 1 N–H and O–H groups in total. The standard InChI is InChI=1S/C14H14BrNOS/c1-10(8-11-6-7-18-9-11)16-14(17)12-2-4-13(15)5-3-12/h2-7,9-10H,8H2,1H3,(H,16,17). The zero-order chi connectivity index (χ0) is 13.0. The van der Waals surface area contributed by atoms with Crippen molar-refractivity contribution in [2.75, 3.05) is 0 Å². The second kappa shape index (κ2) is 6.16. The lowest BCUT2D eigenvalue weighted by atomic mass is 10.1. The van der Waals surface area contributed by atoms with Gasteiger partial charge in [-0.05, 0) is 60.0 Å². The summed E-state index contributed by atoms with van der Waals surface area (Å²) in [4.78, 5) is 12.0. The Bertz CT molecular complexity index is 507. The maximum Gasteiger partial charge on any atom is 0.251 e. The van der Waals surface area contributed by atoms with Gasteiger partial charge in [-0.1, -0.05) is 15.9 Å². The van der Waals surface area contributed by atoms with Gasteiger partial charge in [0.1, 0.15) is 0 Å². The Kier molecular flexibility index (Phi) is 4.55. The maximum atomic E-state index is 12.0. The number of carbonyl (C=O) groups is 1. The number of thiophene rings is 1. The molecule has 1 aromatic heterocycles. The predicted octanol–water partition coefficient (Wildman–Crippen LogP) is 3.87. The highest BCUT2D eigenvalue weighted by Gasteiger charge is 2.10. The zero-order valence-electron chi connectivity index (χ0n) is 10.0. The van der Waals surface area contributed by atoms with E-state index in [4.69, 9.17) is 0 Å². The van der Waals surface area contributed by atoms with E-state index < -0.39 is 0 Å². The van der Waals surface area contributed by atoms with E-state index in [0.29, 0.717) is 5.56 Å². The molecular formula is C14H14BrNOS. The zero-order valence-corrected chi connectivity index (χ0v) is 12.4. The highest BCUT2D eigenvalue weighted by molar-refractivity contribution is 9.10. The smallest absolute Gasteiger partial charge is 0.251 e. The minimum Gasteiger partial charge on any atom is -0.349 e. The summed E-state index contributed by atoms with van der Waals surface area (Å²) >= 11 is 5.04. The average molecular weight is 324 g/mol. The van der Waals surface area contributed by atoms with Crippen LogP contribution in [0.2, 0.25) is 0 Å². The monoisotopic (exact) mass is 323 g/mol. The Morgan fingerprint density at radius 2 is 2.06 bits per heavy atom. The molecule has 1 atom stereocenters. The van der Waals surface area contributed by atoms with Crippen LogP contribution in [0.15, 0.2) is 45.6 Å². The van der Waals surface area contributed by atoms with Crippen molar-refractivity contribution in [1.82, 2.24) is 5.32 Å². The summed E-state index contributed by atoms with van der Waals surface area (Å²) in [6.07, 6.45) is 0.867. The van der Waals surface area contributed by atoms with E-state index in [0.717, 1.165) is 10.9 Å². The van der Waals surface area contributed by atoms with Crippen molar-refractivity contribution in [3.05, 3.63) is 56.7 Å². The third-order valence-electron chi connectivity index (χ3n) is 2.61. The van der Waals surface area contributed by atoms with Gasteiger partial charge in [-0.3, -0.25) is 4.79 Å². The minimum absolute atomic E-state index is 0.0229. The lowest BCUT2D eigenvalue weighted by Crippen LogP contribution is -2.33. The summed E-state index contributed by atoms with van der Waals surface area (Å²) < 4.78 is 0.977. The highest BCUT2D eigenvalue weighted by Crippen LogP contribution is 2.12. The molecule has 0 aliphatic heterocycles. The third kappa shape index (κ3) is 3.68. The molecule has 0 saturated carbocycles. The van der Waals surface area contributed by atoms with Gasteiger partial charge in [0, 0.05) is 16.1 Å². The Morgan fingerprint density at radius 3 is 2.67 bits per heavy atom. The molecule has 2 nitrogen and oxygen atoms in total. The van der Waals surface area contributed by atoms with Gasteiger partial charge in [-0.25, -0.2) is 0 Å². The fraction of sp³-hybridized carbons (Fsp3) is 0.214. The van der Waals surface area contributed by atoms with Gasteiger partial charge in [0.2, 0.25) is 0 Å². The van der Waals surface area contributed by atoms with Crippen molar-refractivity contribution >= 4 is 33.2 Å². The number of hydrogen-bond acceptors (Lipinski definition) is 2. The van der Waals surface area contributed by atoms with Crippen LogP contribution >= 0.6 is 27.3 Å². The van der Waals surface area contributed by atoms with E-state index in [2.05, 4.69) is 38.1 Å². The number of nitrogens with one attached hydrogen (secondary N) is 1. The Hall–Kier alpha value is -1.13. The molecule has 0 aliphatic carbocycles. The van der Waals surface area contributed by atoms with Crippen molar-refractivity contribution in [3.63, 3.8) is 0 Å². The predicted molar refractivity (Wildman–Crippen MR) is 79.1 cm³/mol. The number of amides is 1. The van der Waals surface area contributed by atoms with Crippen LogP contribution in [-0.4, -0.2) is 11.9 Å². The topological polar surface area (TPSA) is 29.1 Å². The van der Waals surface area contributed by atoms with Crippen molar-refractivity contribution in [2.24, 2.45) is 0 Å². The first-order chi connectivity index (χ1) is 8.65. The molecule has 1 aromatic carbocycles.